The van der Waals surface area contributed by atoms with Gasteiger partial charge in [-0.05, 0) is 25.3 Å². The summed E-state index contributed by atoms with van der Waals surface area (Å²) in [5, 5.41) is 11.6. The van der Waals surface area contributed by atoms with Crippen molar-refractivity contribution in [1.29, 1.82) is 0 Å². The molecule has 0 saturated carbocycles. The third kappa shape index (κ3) is 3.27. The van der Waals surface area contributed by atoms with Crippen molar-refractivity contribution in [3.63, 3.8) is 0 Å². The molecule has 0 aliphatic rings. The van der Waals surface area contributed by atoms with Gasteiger partial charge in [0.05, 0.1) is 17.0 Å². The number of carboxylic acids is 1. The Morgan fingerprint density at radius 3 is 2.69 bits per heavy atom. The van der Waals surface area contributed by atoms with Crippen molar-refractivity contribution >= 4 is 29.3 Å². The normalized spacial score (nSPS) is 9.88. The summed E-state index contributed by atoms with van der Waals surface area (Å²) in [6, 6.07) is 4.91. The first kappa shape index (κ1) is 12.6. The van der Waals surface area contributed by atoms with Gasteiger partial charge in [0.1, 0.15) is 0 Å². The van der Waals surface area contributed by atoms with Crippen LogP contribution in [0.3, 0.4) is 0 Å². The van der Waals surface area contributed by atoms with Gasteiger partial charge in [0.15, 0.2) is 0 Å². The van der Waals surface area contributed by atoms with E-state index in [-0.39, 0.29) is 11.5 Å². The van der Waals surface area contributed by atoms with Crippen LogP contribution < -0.4 is 5.32 Å². The van der Waals surface area contributed by atoms with Crippen molar-refractivity contribution in [3.05, 3.63) is 29.3 Å². The second kappa shape index (κ2) is 5.55. The number of rotatable bonds is 4. The van der Waals surface area contributed by atoms with Crippen molar-refractivity contribution in [3.8, 4) is 0 Å². The molecule has 1 aromatic carbocycles. The largest absolute Gasteiger partial charge is 0.478 e. The number of benzene rings is 1. The van der Waals surface area contributed by atoms with Gasteiger partial charge in [0.2, 0.25) is 5.91 Å². The number of carboxylic acid groups (broad SMARTS) is 1. The van der Waals surface area contributed by atoms with Crippen molar-refractivity contribution in [2.75, 3.05) is 17.3 Å². The molecule has 5 heteroatoms. The maximum Gasteiger partial charge on any atom is 0.337 e. The third-order valence-electron chi connectivity index (χ3n) is 1.95. The monoisotopic (exact) mass is 239 g/mol. The number of aromatic carboxylic acids is 1. The SMILES string of the molecule is CSCC(=O)Nc1ccc(C)cc1C(=O)O. The zero-order valence-electron chi connectivity index (χ0n) is 9.11. The molecule has 0 fully saturated rings. The van der Waals surface area contributed by atoms with Gasteiger partial charge in [0, 0.05) is 0 Å². The lowest BCUT2D eigenvalue weighted by Gasteiger charge is -2.08. The number of aryl methyl sites for hydroxylation is 1. The molecule has 0 aromatic heterocycles. The minimum absolute atomic E-state index is 0.120. The molecule has 0 unspecified atom stereocenters. The lowest BCUT2D eigenvalue weighted by Crippen LogP contribution is -2.16. The van der Waals surface area contributed by atoms with Gasteiger partial charge in [-0.2, -0.15) is 11.8 Å². The molecule has 0 aliphatic heterocycles. The average Bonchev–Trinajstić information content (AvgIpc) is 2.20. The van der Waals surface area contributed by atoms with Crippen LogP contribution in [0.15, 0.2) is 18.2 Å². The quantitative estimate of drug-likeness (QED) is 0.843. The van der Waals surface area contributed by atoms with Crippen LogP contribution in [0.4, 0.5) is 5.69 Å². The van der Waals surface area contributed by atoms with Crippen molar-refractivity contribution in [2.24, 2.45) is 0 Å². The zero-order valence-corrected chi connectivity index (χ0v) is 9.93. The summed E-state index contributed by atoms with van der Waals surface area (Å²) in [4.78, 5) is 22.3. The number of hydrogen-bond acceptors (Lipinski definition) is 3. The molecule has 4 nitrogen and oxygen atoms in total. The molecule has 0 heterocycles. The van der Waals surface area contributed by atoms with Crippen LogP contribution >= 0.6 is 11.8 Å². The van der Waals surface area contributed by atoms with E-state index in [1.807, 2.05) is 6.26 Å². The van der Waals surface area contributed by atoms with Crippen LogP contribution in [-0.2, 0) is 4.79 Å². The molecule has 0 spiro atoms. The smallest absolute Gasteiger partial charge is 0.337 e. The number of carbonyl (C=O) groups is 2. The minimum Gasteiger partial charge on any atom is -0.478 e. The molecule has 1 aromatic rings. The molecular weight excluding hydrogens is 226 g/mol. The molecular formula is C11H13NO3S. The predicted octanol–water partition coefficient (Wildman–Crippen LogP) is 1.99. The van der Waals surface area contributed by atoms with Crippen LogP contribution in [0.1, 0.15) is 15.9 Å². The lowest BCUT2D eigenvalue weighted by molar-refractivity contribution is -0.113. The van der Waals surface area contributed by atoms with E-state index in [0.29, 0.717) is 11.4 Å². The zero-order chi connectivity index (χ0) is 12.1. The van der Waals surface area contributed by atoms with E-state index in [1.165, 1.54) is 17.8 Å². The second-order valence-corrected chi connectivity index (χ2v) is 4.20. The maximum absolute atomic E-state index is 11.3. The van der Waals surface area contributed by atoms with E-state index in [9.17, 15) is 9.59 Å². The minimum atomic E-state index is -1.04. The molecule has 1 rings (SSSR count). The van der Waals surface area contributed by atoms with Crippen LogP contribution in [-0.4, -0.2) is 29.0 Å². The molecule has 2 N–H and O–H groups in total. The van der Waals surface area contributed by atoms with Crippen LogP contribution in [0.25, 0.3) is 0 Å². The molecule has 0 atom stereocenters. The maximum atomic E-state index is 11.3. The summed E-state index contributed by atoms with van der Waals surface area (Å²) >= 11 is 1.39. The van der Waals surface area contributed by atoms with Gasteiger partial charge in [-0.3, -0.25) is 4.79 Å². The van der Waals surface area contributed by atoms with Crippen molar-refractivity contribution < 1.29 is 14.7 Å². The van der Waals surface area contributed by atoms with Crippen LogP contribution in [0.5, 0.6) is 0 Å². The first-order chi connectivity index (χ1) is 7.54. The van der Waals surface area contributed by atoms with E-state index < -0.39 is 5.97 Å². The third-order valence-corrected chi connectivity index (χ3v) is 2.51. The fourth-order valence-corrected chi connectivity index (χ4v) is 1.60. The Bertz CT molecular complexity index is 418. The Balaban J connectivity index is 2.95. The van der Waals surface area contributed by atoms with E-state index in [2.05, 4.69) is 5.32 Å². The topological polar surface area (TPSA) is 66.4 Å². The first-order valence-electron chi connectivity index (χ1n) is 4.67. The summed E-state index contributed by atoms with van der Waals surface area (Å²) in [6.07, 6.45) is 1.81. The molecule has 16 heavy (non-hydrogen) atoms. The number of hydrogen-bond donors (Lipinski definition) is 2. The van der Waals surface area contributed by atoms with E-state index in [1.54, 1.807) is 19.1 Å². The molecule has 0 saturated heterocycles. The van der Waals surface area contributed by atoms with Gasteiger partial charge < -0.3 is 10.4 Å². The van der Waals surface area contributed by atoms with Gasteiger partial charge >= 0.3 is 5.97 Å². The fourth-order valence-electron chi connectivity index (χ4n) is 1.26. The highest BCUT2D eigenvalue weighted by atomic mass is 32.2. The van der Waals surface area contributed by atoms with Crippen LogP contribution in [0, 0.1) is 6.92 Å². The standard InChI is InChI=1S/C11H13NO3S/c1-7-3-4-9(8(5-7)11(14)15)12-10(13)6-16-2/h3-5H,6H2,1-2H3,(H,12,13)(H,14,15). The predicted molar refractivity (Wildman–Crippen MR) is 65.2 cm³/mol. The summed E-state index contributed by atoms with van der Waals surface area (Å²) in [5.74, 6) is -0.922. The van der Waals surface area contributed by atoms with Gasteiger partial charge in [-0.1, -0.05) is 11.6 Å². The first-order valence-corrected chi connectivity index (χ1v) is 6.06. The van der Waals surface area contributed by atoms with Gasteiger partial charge in [0.25, 0.3) is 0 Å². The summed E-state index contributed by atoms with van der Waals surface area (Å²) in [5.41, 5.74) is 1.31. The van der Waals surface area contributed by atoms with E-state index >= 15 is 0 Å². The number of thioether (sulfide) groups is 1. The van der Waals surface area contributed by atoms with Crippen molar-refractivity contribution in [2.45, 2.75) is 6.92 Å². The highest BCUT2D eigenvalue weighted by molar-refractivity contribution is 7.99. The molecule has 0 aliphatic carbocycles. The Kier molecular flexibility index (Phi) is 4.37. The highest BCUT2D eigenvalue weighted by Gasteiger charge is 2.12. The lowest BCUT2D eigenvalue weighted by atomic mass is 10.1. The van der Waals surface area contributed by atoms with Crippen LogP contribution in [0.2, 0.25) is 0 Å². The number of anilines is 1. The summed E-state index contributed by atoms with van der Waals surface area (Å²) < 4.78 is 0. The second-order valence-electron chi connectivity index (χ2n) is 3.34. The average molecular weight is 239 g/mol. The summed E-state index contributed by atoms with van der Waals surface area (Å²) in [6.45, 7) is 1.81. The number of amides is 1. The summed E-state index contributed by atoms with van der Waals surface area (Å²) in [7, 11) is 0. The Morgan fingerprint density at radius 1 is 1.44 bits per heavy atom. The number of nitrogens with one attached hydrogen (secondary N) is 1. The number of carbonyl (C=O) groups excluding carboxylic acids is 1. The molecule has 0 bridgehead atoms. The Labute approximate surface area is 98.0 Å². The van der Waals surface area contributed by atoms with Gasteiger partial charge in [-0.15, -0.1) is 0 Å². The van der Waals surface area contributed by atoms with E-state index in [0.717, 1.165) is 5.56 Å². The van der Waals surface area contributed by atoms with E-state index in [4.69, 9.17) is 5.11 Å². The Hall–Kier alpha value is -1.49. The molecule has 1 amide bonds. The highest BCUT2D eigenvalue weighted by Crippen LogP contribution is 2.17. The van der Waals surface area contributed by atoms with Crippen molar-refractivity contribution in [1.82, 2.24) is 0 Å². The van der Waals surface area contributed by atoms with Gasteiger partial charge in [-0.25, -0.2) is 4.79 Å². The fraction of sp³-hybridized carbons (Fsp3) is 0.273. The molecule has 0 radical (unpaired) electrons. The molecule has 86 valence electrons. The Morgan fingerprint density at radius 2 is 2.12 bits per heavy atom.